The van der Waals surface area contributed by atoms with E-state index in [4.69, 9.17) is 5.26 Å². The van der Waals surface area contributed by atoms with Gasteiger partial charge in [0.1, 0.15) is 5.82 Å². The molecule has 0 aromatic heterocycles. The van der Waals surface area contributed by atoms with Crippen molar-refractivity contribution in [3.05, 3.63) is 35.1 Å². The van der Waals surface area contributed by atoms with Gasteiger partial charge in [0.2, 0.25) is 0 Å². The molecule has 2 rings (SSSR count). The first kappa shape index (κ1) is 15.3. The molecule has 0 bridgehead atoms. The van der Waals surface area contributed by atoms with Crippen LogP contribution in [0.5, 0.6) is 0 Å². The molecule has 1 aromatic rings. The zero-order valence-electron chi connectivity index (χ0n) is 11.6. The van der Waals surface area contributed by atoms with Crippen LogP contribution in [0.3, 0.4) is 0 Å². The number of carbonyl (C=O) groups is 1. The fourth-order valence-electron chi connectivity index (χ4n) is 2.45. The second-order valence-electron chi connectivity index (χ2n) is 5.20. The van der Waals surface area contributed by atoms with Crippen molar-refractivity contribution in [2.75, 3.05) is 0 Å². The zero-order valence-corrected chi connectivity index (χ0v) is 11.6. The number of amides is 2. The maximum atomic E-state index is 13.6. The van der Waals surface area contributed by atoms with Crippen molar-refractivity contribution in [1.82, 2.24) is 10.6 Å². The van der Waals surface area contributed by atoms with Gasteiger partial charge in [-0.25, -0.2) is 9.18 Å². The predicted molar refractivity (Wildman–Crippen MR) is 74.7 cm³/mol. The van der Waals surface area contributed by atoms with Gasteiger partial charge in [-0.05, 0) is 31.0 Å². The van der Waals surface area contributed by atoms with E-state index in [1.807, 2.05) is 6.07 Å². The van der Waals surface area contributed by atoms with Crippen LogP contribution < -0.4 is 10.6 Å². The molecule has 1 aliphatic rings. The number of aliphatic hydroxyl groups excluding tert-OH is 1. The lowest BCUT2D eigenvalue weighted by atomic mass is 9.93. The Balaban J connectivity index is 1.88. The zero-order chi connectivity index (χ0) is 15.2. The van der Waals surface area contributed by atoms with Crippen LogP contribution in [-0.4, -0.2) is 23.3 Å². The smallest absolute Gasteiger partial charge is 0.315 e. The quantitative estimate of drug-likeness (QED) is 0.794. The van der Waals surface area contributed by atoms with Crippen molar-refractivity contribution in [3.8, 4) is 6.07 Å². The van der Waals surface area contributed by atoms with Gasteiger partial charge in [-0.1, -0.05) is 12.8 Å². The Kier molecular flexibility index (Phi) is 5.12. The molecule has 0 heterocycles. The van der Waals surface area contributed by atoms with Gasteiger partial charge in [-0.3, -0.25) is 0 Å². The second-order valence-corrected chi connectivity index (χ2v) is 5.20. The SMILES string of the molecule is N#Cc1ccc(F)c(CNC(=O)N[C@@H]2CCCC[C@@H]2O)c1. The Morgan fingerprint density at radius 1 is 1.43 bits per heavy atom. The van der Waals surface area contributed by atoms with Crippen molar-refractivity contribution < 1.29 is 14.3 Å². The van der Waals surface area contributed by atoms with Crippen molar-refractivity contribution in [3.63, 3.8) is 0 Å². The maximum Gasteiger partial charge on any atom is 0.315 e. The molecule has 3 N–H and O–H groups in total. The van der Waals surface area contributed by atoms with Crippen molar-refractivity contribution in [2.24, 2.45) is 0 Å². The number of benzene rings is 1. The lowest BCUT2D eigenvalue weighted by Gasteiger charge is -2.28. The van der Waals surface area contributed by atoms with Gasteiger partial charge >= 0.3 is 6.03 Å². The largest absolute Gasteiger partial charge is 0.391 e. The first-order chi connectivity index (χ1) is 10.1. The summed E-state index contributed by atoms with van der Waals surface area (Å²) >= 11 is 0. The Bertz CT molecular complexity index is 556. The number of nitrogens with zero attached hydrogens (tertiary/aromatic N) is 1. The van der Waals surface area contributed by atoms with E-state index >= 15 is 0 Å². The number of urea groups is 1. The minimum absolute atomic E-state index is 0.00397. The highest BCUT2D eigenvalue weighted by Crippen LogP contribution is 2.18. The summed E-state index contributed by atoms with van der Waals surface area (Å²) in [5, 5.41) is 23.8. The van der Waals surface area contributed by atoms with Crippen LogP contribution in [0.15, 0.2) is 18.2 Å². The summed E-state index contributed by atoms with van der Waals surface area (Å²) in [7, 11) is 0. The van der Waals surface area contributed by atoms with Crippen LogP contribution in [0, 0.1) is 17.1 Å². The van der Waals surface area contributed by atoms with Gasteiger partial charge in [0.05, 0.1) is 23.8 Å². The molecule has 0 saturated heterocycles. The van der Waals surface area contributed by atoms with Gasteiger partial charge < -0.3 is 15.7 Å². The van der Waals surface area contributed by atoms with E-state index in [2.05, 4.69) is 10.6 Å². The lowest BCUT2D eigenvalue weighted by molar-refractivity contribution is 0.0943. The van der Waals surface area contributed by atoms with E-state index in [0.717, 1.165) is 19.3 Å². The predicted octanol–water partition coefficient (Wildman–Crippen LogP) is 1.80. The van der Waals surface area contributed by atoms with Gasteiger partial charge in [0, 0.05) is 12.1 Å². The number of hydrogen-bond acceptors (Lipinski definition) is 3. The van der Waals surface area contributed by atoms with Crippen molar-refractivity contribution in [2.45, 2.75) is 44.4 Å². The van der Waals surface area contributed by atoms with Crippen LogP contribution in [0.1, 0.15) is 36.8 Å². The lowest BCUT2D eigenvalue weighted by Crippen LogP contribution is -2.48. The van der Waals surface area contributed by atoms with E-state index in [-0.39, 0.29) is 18.2 Å². The number of nitrogens with one attached hydrogen (secondary N) is 2. The number of aliphatic hydroxyl groups is 1. The second kappa shape index (κ2) is 7.04. The highest BCUT2D eigenvalue weighted by Gasteiger charge is 2.24. The van der Waals surface area contributed by atoms with E-state index in [9.17, 15) is 14.3 Å². The fraction of sp³-hybridized carbons (Fsp3) is 0.467. The molecule has 1 aliphatic carbocycles. The Morgan fingerprint density at radius 2 is 2.19 bits per heavy atom. The van der Waals surface area contributed by atoms with Gasteiger partial charge in [-0.2, -0.15) is 5.26 Å². The monoisotopic (exact) mass is 291 g/mol. The van der Waals surface area contributed by atoms with Gasteiger partial charge in [0.25, 0.3) is 0 Å². The van der Waals surface area contributed by atoms with Crippen LogP contribution in [0.25, 0.3) is 0 Å². The van der Waals surface area contributed by atoms with E-state index in [1.54, 1.807) is 0 Å². The van der Waals surface area contributed by atoms with Crippen LogP contribution >= 0.6 is 0 Å². The molecule has 1 saturated carbocycles. The average molecular weight is 291 g/mol. The Hall–Kier alpha value is -2.13. The number of rotatable bonds is 3. The Labute approximate surface area is 122 Å². The molecule has 0 spiro atoms. The third-order valence-electron chi connectivity index (χ3n) is 3.66. The highest BCUT2D eigenvalue weighted by molar-refractivity contribution is 5.74. The maximum absolute atomic E-state index is 13.6. The van der Waals surface area contributed by atoms with E-state index in [1.165, 1.54) is 18.2 Å². The molecular weight excluding hydrogens is 273 g/mol. The molecule has 1 aromatic carbocycles. The standard InChI is InChI=1S/C15H18FN3O2/c16-12-6-5-10(8-17)7-11(12)9-18-15(21)19-13-3-1-2-4-14(13)20/h5-7,13-14,20H,1-4,9H2,(H2,18,19,21)/t13-,14+/m1/s1. The molecule has 2 atom stereocenters. The molecule has 6 heteroatoms. The first-order valence-corrected chi connectivity index (χ1v) is 7.01. The summed E-state index contributed by atoms with van der Waals surface area (Å²) in [6.07, 6.45) is 2.84. The first-order valence-electron chi connectivity index (χ1n) is 7.01. The molecular formula is C15H18FN3O2. The molecule has 0 unspecified atom stereocenters. The van der Waals surface area contributed by atoms with Gasteiger partial charge in [-0.15, -0.1) is 0 Å². The third kappa shape index (κ3) is 4.17. The number of carbonyl (C=O) groups excluding carboxylic acids is 1. The molecule has 0 radical (unpaired) electrons. The summed E-state index contributed by atoms with van der Waals surface area (Å²) in [5.41, 5.74) is 0.602. The van der Waals surface area contributed by atoms with Crippen LogP contribution in [0.2, 0.25) is 0 Å². The normalized spacial score (nSPS) is 21.4. The highest BCUT2D eigenvalue weighted by atomic mass is 19.1. The summed E-state index contributed by atoms with van der Waals surface area (Å²) in [6.45, 7) is -0.00397. The molecule has 21 heavy (non-hydrogen) atoms. The molecule has 5 nitrogen and oxygen atoms in total. The number of hydrogen-bond donors (Lipinski definition) is 3. The van der Waals surface area contributed by atoms with Crippen LogP contribution in [0.4, 0.5) is 9.18 Å². The summed E-state index contributed by atoms with van der Waals surface area (Å²) in [6, 6.07) is 5.23. The Morgan fingerprint density at radius 3 is 2.90 bits per heavy atom. The average Bonchev–Trinajstić information content (AvgIpc) is 2.49. The topological polar surface area (TPSA) is 85.2 Å². The van der Waals surface area contributed by atoms with E-state index < -0.39 is 18.0 Å². The van der Waals surface area contributed by atoms with Gasteiger partial charge in [0.15, 0.2) is 0 Å². The fourth-order valence-corrected chi connectivity index (χ4v) is 2.45. The summed E-state index contributed by atoms with van der Waals surface area (Å²) < 4.78 is 13.6. The summed E-state index contributed by atoms with van der Waals surface area (Å²) in [4.78, 5) is 11.8. The van der Waals surface area contributed by atoms with Crippen molar-refractivity contribution >= 4 is 6.03 Å². The molecule has 112 valence electrons. The molecule has 2 amide bonds. The minimum atomic E-state index is -0.525. The minimum Gasteiger partial charge on any atom is -0.391 e. The van der Waals surface area contributed by atoms with Crippen molar-refractivity contribution in [1.29, 1.82) is 5.26 Å². The van der Waals surface area contributed by atoms with E-state index in [0.29, 0.717) is 12.0 Å². The van der Waals surface area contributed by atoms with Crippen LogP contribution in [-0.2, 0) is 6.54 Å². The molecule has 0 aliphatic heterocycles. The number of halogens is 1. The number of nitriles is 1. The third-order valence-corrected chi connectivity index (χ3v) is 3.66. The molecule has 1 fully saturated rings. The summed E-state index contributed by atoms with van der Waals surface area (Å²) in [5.74, 6) is -0.466.